The lowest BCUT2D eigenvalue weighted by Gasteiger charge is -2.14. The Labute approximate surface area is 287 Å². The summed E-state index contributed by atoms with van der Waals surface area (Å²) in [6.45, 7) is 0. The van der Waals surface area contributed by atoms with Crippen LogP contribution in [0.4, 0.5) is 0 Å². The molecule has 0 saturated heterocycles. The zero-order valence-corrected chi connectivity index (χ0v) is 27.2. The summed E-state index contributed by atoms with van der Waals surface area (Å²) in [5.74, 6) is 0.797. The number of benzene rings is 7. The molecule has 6 heteroatoms. The van der Waals surface area contributed by atoms with E-state index in [1.807, 2.05) is 59.9 Å². The van der Waals surface area contributed by atoms with E-state index < -0.39 is 0 Å². The van der Waals surface area contributed by atoms with E-state index in [0.29, 0.717) is 0 Å². The predicted molar refractivity (Wildman–Crippen MR) is 207 cm³/mol. The van der Waals surface area contributed by atoms with E-state index in [-0.39, 0.29) is 0 Å². The van der Waals surface area contributed by atoms with Gasteiger partial charge in [0, 0.05) is 64.1 Å². The normalized spacial score (nSPS) is 12.4. The van der Waals surface area contributed by atoms with Crippen LogP contribution >= 0.6 is 11.3 Å². The van der Waals surface area contributed by atoms with E-state index in [1.165, 1.54) is 30.9 Å². The number of thiophene rings is 1. The topological polar surface area (TPSA) is 57.0 Å². The highest BCUT2D eigenvalue weighted by molar-refractivity contribution is 7.25. The fourth-order valence-electron chi connectivity index (χ4n) is 7.90. The SMILES string of the molecule is c1ccc2nc(-n3c4ccccc4c4cc5c(cc43)sc3ccccc35)c(-c3ccc4oc5cc6oc7ccccc7c6cc5c4c3)nc2c1. The van der Waals surface area contributed by atoms with E-state index in [2.05, 4.69) is 95.6 Å². The molecule has 0 aliphatic carbocycles. The molecule has 50 heavy (non-hydrogen) atoms. The predicted octanol–water partition coefficient (Wildman–Crippen LogP) is 12.6. The Bertz CT molecular complexity index is 3400. The Morgan fingerprint density at radius 1 is 0.420 bits per heavy atom. The van der Waals surface area contributed by atoms with Crippen LogP contribution in [0.5, 0.6) is 0 Å². The van der Waals surface area contributed by atoms with E-state index in [4.69, 9.17) is 18.8 Å². The van der Waals surface area contributed by atoms with E-state index in [0.717, 1.165) is 83.0 Å². The fraction of sp³-hybridized carbons (Fsp3) is 0. The lowest BCUT2D eigenvalue weighted by Crippen LogP contribution is -2.03. The maximum Gasteiger partial charge on any atom is 0.165 e. The Morgan fingerprint density at radius 3 is 1.96 bits per heavy atom. The first kappa shape index (κ1) is 26.5. The number of rotatable bonds is 2. The average Bonchev–Trinajstić information content (AvgIpc) is 3.90. The van der Waals surface area contributed by atoms with Crippen molar-refractivity contribution in [1.82, 2.24) is 14.5 Å². The Balaban J connectivity index is 1.17. The molecule has 0 fully saturated rings. The van der Waals surface area contributed by atoms with Crippen molar-refractivity contribution in [2.75, 3.05) is 0 Å². The van der Waals surface area contributed by atoms with Gasteiger partial charge < -0.3 is 8.83 Å². The van der Waals surface area contributed by atoms with E-state index in [1.54, 1.807) is 0 Å². The Kier molecular flexibility index (Phi) is 5.06. The van der Waals surface area contributed by atoms with Crippen LogP contribution in [0, 0.1) is 0 Å². The molecule has 0 aliphatic rings. The van der Waals surface area contributed by atoms with Gasteiger partial charge in [-0.2, -0.15) is 0 Å². The third-order valence-electron chi connectivity index (χ3n) is 10.2. The number of hydrogen-bond acceptors (Lipinski definition) is 5. The van der Waals surface area contributed by atoms with Crippen molar-refractivity contribution < 1.29 is 8.83 Å². The van der Waals surface area contributed by atoms with Crippen molar-refractivity contribution >= 4 is 108 Å². The number of nitrogens with zero attached hydrogens (tertiary/aromatic N) is 3. The van der Waals surface area contributed by atoms with Crippen LogP contribution in [-0.2, 0) is 0 Å². The molecule has 0 spiro atoms. The third-order valence-corrected chi connectivity index (χ3v) is 11.3. The smallest absolute Gasteiger partial charge is 0.165 e. The van der Waals surface area contributed by atoms with Gasteiger partial charge in [0.15, 0.2) is 5.82 Å². The molecular formula is C44H23N3O2S. The van der Waals surface area contributed by atoms with Crippen molar-refractivity contribution in [3.8, 4) is 17.1 Å². The molecule has 232 valence electrons. The van der Waals surface area contributed by atoms with E-state index >= 15 is 0 Å². The molecule has 7 aromatic carbocycles. The van der Waals surface area contributed by atoms with Crippen LogP contribution in [0.2, 0.25) is 0 Å². The summed E-state index contributed by atoms with van der Waals surface area (Å²) in [6, 6.07) is 48.9. The molecule has 5 heterocycles. The van der Waals surface area contributed by atoms with Gasteiger partial charge in [0.05, 0.1) is 22.1 Å². The molecule has 0 amide bonds. The molecule has 5 aromatic heterocycles. The molecule has 12 aromatic rings. The summed E-state index contributed by atoms with van der Waals surface area (Å²) < 4.78 is 17.4. The molecule has 0 N–H and O–H groups in total. The van der Waals surface area contributed by atoms with E-state index in [9.17, 15) is 0 Å². The highest BCUT2D eigenvalue weighted by atomic mass is 32.1. The second kappa shape index (κ2) is 9.56. The van der Waals surface area contributed by atoms with Crippen LogP contribution < -0.4 is 0 Å². The molecular weight excluding hydrogens is 635 g/mol. The summed E-state index contributed by atoms with van der Waals surface area (Å²) in [7, 11) is 0. The van der Waals surface area contributed by atoms with Gasteiger partial charge in [-0.25, -0.2) is 9.97 Å². The summed E-state index contributed by atoms with van der Waals surface area (Å²) in [5.41, 5.74) is 9.00. The molecule has 0 aliphatic heterocycles. The van der Waals surface area contributed by atoms with Crippen LogP contribution in [0.1, 0.15) is 0 Å². The minimum atomic E-state index is 0.795. The minimum Gasteiger partial charge on any atom is -0.456 e. The largest absolute Gasteiger partial charge is 0.456 e. The molecule has 5 nitrogen and oxygen atoms in total. The first-order chi connectivity index (χ1) is 24.7. The number of fused-ring (bicyclic) bond motifs is 13. The quantitative estimate of drug-likeness (QED) is 0.186. The van der Waals surface area contributed by atoms with Crippen LogP contribution in [0.15, 0.2) is 148 Å². The van der Waals surface area contributed by atoms with Crippen molar-refractivity contribution in [3.63, 3.8) is 0 Å². The molecule has 0 bridgehead atoms. The molecule has 0 unspecified atom stereocenters. The average molecular weight is 658 g/mol. The lowest BCUT2D eigenvalue weighted by atomic mass is 10.0. The van der Waals surface area contributed by atoms with Crippen molar-refractivity contribution in [2.24, 2.45) is 0 Å². The maximum atomic E-state index is 6.40. The lowest BCUT2D eigenvalue weighted by molar-refractivity contribution is 0.656. The van der Waals surface area contributed by atoms with Gasteiger partial charge in [0.1, 0.15) is 28.0 Å². The second-order valence-electron chi connectivity index (χ2n) is 13.0. The van der Waals surface area contributed by atoms with Gasteiger partial charge in [-0.15, -0.1) is 11.3 Å². The van der Waals surface area contributed by atoms with Crippen molar-refractivity contribution in [2.45, 2.75) is 0 Å². The summed E-state index contributed by atoms with van der Waals surface area (Å²) >= 11 is 1.83. The third kappa shape index (κ3) is 3.55. The zero-order chi connectivity index (χ0) is 32.5. The van der Waals surface area contributed by atoms with Gasteiger partial charge in [-0.1, -0.05) is 66.7 Å². The van der Waals surface area contributed by atoms with Crippen LogP contribution in [0.25, 0.3) is 114 Å². The molecule has 12 rings (SSSR count). The molecule has 0 radical (unpaired) electrons. The fourth-order valence-corrected chi connectivity index (χ4v) is 9.02. The Hall–Kier alpha value is -6.50. The van der Waals surface area contributed by atoms with Crippen molar-refractivity contribution in [1.29, 1.82) is 0 Å². The summed E-state index contributed by atoms with van der Waals surface area (Å²) in [6.07, 6.45) is 0. The monoisotopic (exact) mass is 657 g/mol. The van der Waals surface area contributed by atoms with Gasteiger partial charge in [-0.3, -0.25) is 4.57 Å². The summed E-state index contributed by atoms with van der Waals surface area (Å²) in [5, 5.41) is 9.20. The first-order valence-corrected chi connectivity index (χ1v) is 17.5. The van der Waals surface area contributed by atoms with Gasteiger partial charge in [0.25, 0.3) is 0 Å². The number of hydrogen-bond donors (Lipinski definition) is 0. The highest BCUT2D eigenvalue weighted by Crippen LogP contribution is 2.43. The van der Waals surface area contributed by atoms with Gasteiger partial charge in [-0.05, 0) is 66.7 Å². The molecule has 0 atom stereocenters. The maximum absolute atomic E-state index is 6.40. The van der Waals surface area contributed by atoms with Crippen molar-refractivity contribution in [3.05, 3.63) is 140 Å². The number of aromatic nitrogens is 3. The number of para-hydroxylation sites is 4. The molecule has 0 saturated carbocycles. The standard InChI is InChI=1S/C44H23N3O2S/c1-6-14-35-25(9-1)28-20-32-27-11-3-8-16-41(27)50-42(32)22-36(28)47(35)44-43(45-33-12-4-5-13-34(33)46-44)24-17-18-38-29(19-24)31-21-30-26-10-2-7-15-37(26)48-39(30)23-40(31)49-38/h1-23H. The second-order valence-corrected chi connectivity index (χ2v) is 14.0. The first-order valence-electron chi connectivity index (χ1n) is 16.6. The van der Waals surface area contributed by atoms with Crippen LogP contribution in [-0.4, -0.2) is 14.5 Å². The van der Waals surface area contributed by atoms with Gasteiger partial charge in [0.2, 0.25) is 0 Å². The number of furan rings is 2. The van der Waals surface area contributed by atoms with Gasteiger partial charge >= 0.3 is 0 Å². The van der Waals surface area contributed by atoms with Crippen LogP contribution in [0.3, 0.4) is 0 Å². The zero-order valence-electron chi connectivity index (χ0n) is 26.3. The summed E-state index contributed by atoms with van der Waals surface area (Å²) in [4.78, 5) is 10.7. The highest BCUT2D eigenvalue weighted by Gasteiger charge is 2.22. The Morgan fingerprint density at radius 2 is 1.08 bits per heavy atom. The minimum absolute atomic E-state index is 0.795.